The predicted molar refractivity (Wildman–Crippen MR) is 102 cm³/mol. The molecule has 28 heavy (non-hydrogen) atoms. The highest BCUT2D eigenvalue weighted by atomic mass is 16.5. The Labute approximate surface area is 159 Å². The summed E-state index contributed by atoms with van der Waals surface area (Å²) in [6.07, 6.45) is 1.24. The van der Waals surface area contributed by atoms with Crippen molar-refractivity contribution < 1.29 is 28.9 Å². The largest absolute Gasteiger partial charge is 0.508 e. The van der Waals surface area contributed by atoms with E-state index in [4.69, 9.17) is 13.9 Å². The lowest BCUT2D eigenvalue weighted by atomic mass is 10.00. The molecule has 0 saturated heterocycles. The topological polar surface area (TPSA) is 106 Å². The third-order valence-electron chi connectivity index (χ3n) is 4.70. The van der Waals surface area contributed by atoms with E-state index in [9.17, 15) is 19.8 Å². The lowest BCUT2D eigenvalue weighted by molar-refractivity contribution is 0.0664. The molecule has 2 aromatic carbocycles. The molecule has 0 spiro atoms. The minimum Gasteiger partial charge on any atom is -0.508 e. The van der Waals surface area contributed by atoms with Crippen LogP contribution in [0.4, 0.5) is 0 Å². The molecule has 7 heteroatoms. The van der Waals surface area contributed by atoms with Crippen LogP contribution in [0.25, 0.3) is 22.1 Å². The number of fused-ring (bicyclic) bond motifs is 2. The molecule has 3 aromatic rings. The minimum atomic E-state index is -1.37. The maximum absolute atomic E-state index is 13.2. The summed E-state index contributed by atoms with van der Waals surface area (Å²) in [5.41, 5.74) is 0.414. The Morgan fingerprint density at radius 2 is 1.86 bits per heavy atom. The van der Waals surface area contributed by atoms with Crippen LogP contribution in [-0.2, 0) is 6.42 Å². The molecule has 0 unspecified atom stereocenters. The molecule has 0 fully saturated rings. The van der Waals surface area contributed by atoms with Gasteiger partial charge >= 0.3 is 5.97 Å². The lowest BCUT2D eigenvalue weighted by Crippen LogP contribution is -2.13. The Balaban J connectivity index is 2.00. The number of hydrogen-bond donors (Lipinski definition) is 2. The summed E-state index contributed by atoms with van der Waals surface area (Å²) in [5.74, 6) is -0.916. The third kappa shape index (κ3) is 2.94. The van der Waals surface area contributed by atoms with Gasteiger partial charge < -0.3 is 24.1 Å². The van der Waals surface area contributed by atoms with Gasteiger partial charge in [-0.1, -0.05) is 13.0 Å². The Kier molecular flexibility index (Phi) is 4.43. The van der Waals surface area contributed by atoms with Crippen molar-refractivity contribution in [2.24, 2.45) is 0 Å². The van der Waals surface area contributed by atoms with E-state index in [-0.39, 0.29) is 22.3 Å². The molecular formula is C21H18O7. The molecule has 0 saturated carbocycles. The number of carboxylic acids is 1. The van der Waals surface area contributed by atoms with Crippen molar-refractivity contribution in [2.75, 3.05) is 13.2 Å². The third-order valence-corrected chi connectivity index (χ3v) is 4.70. The van der Waals surface area contributed by atoms with Crippen molar-refractivity contribution in [1.29, 1.82) is 0 Å². The molecule has 1 aliphatic heterocycles. The normalized spacial score (nSPS) is 13.3. The highest BCUT2D eigenvalue weighted by molar-refractivity contribution is 5.97. The SMILES string of the molecule is CCc1cc2c(=O)c(-c3ccc4c(c3)OCCCO4)c(C(=O)O)oc2cc1O. The maximum atomic E-state index is 13.2. The Morgan fingerprint density at radius 1 is 1.11 bits per heavy atom. The molecule has 144 valence electrons. The number of aromatic hydroxyl groups is 1. The second-order valence-corrected chi connectivity index (χ2v) is 6.48. The Morgan fingerprint density at radius 3 is 2.57 bits per heavy atom. The van der Waals surface area contributed by atoms with Gasteiger partial charge in [-0.3, -0.25) is 4.79 Å². The van der Waals surface area contributed by atoms with Gasteiger partial charge in [0.05, 0.1) is 24.2 Å². The van der Waals surface area contributed by atoms with Gasteiger partial charge in [0.1, 0.15) is 11.3 Å². The van der Waals surface area contributed by atoms with Crippen LogP contribution in [0.3, 0.4) is 0 Å². The molecule has 2 heterocycles. The molecule has 0 atom stereocenters. The second kappa shape index (κ2) is 6.92. The highest BCUT2D eigenvalue weighted by Crippen LogP contribution is 2.35. The van der Waals surface area contributed by atoms with E-state index in [1.807, 2.05) is 6.92 Å². The first-order valence-corrected chi connectivity index (χ1v) is 8.95. The summed E-state index contributed by atoms with van der Waals surface area (Å²) < 4.78 is 16.7. The quantitative estimate of drug-likeness (QED) is 0.713. The first-order chi connectivity index (χ1) is 13.5. The fourth-order valence-electron chi connectivity index (χ4n) is 3.29. The van der Waals surface area contributed by atoms with Gasteiger partial charge in [-0.15, -0.1) is 0 Å². The Hall–Kier alpha value is -3.48. The number of carboxylic acid groups (broad SMARTS) is 1. The molecule has 0 radical (unpaired) electrons. The van der Waals surface area contributed by atoms with Crippen LogP contribution in [0.15, 0.2) is 39.5 Å². The van der Waals surface area contributed by atoms with E-state index >= 15 is 0 Å². The smallest absolute Gasteiger partial charge is 0.372 e. The fraction of sp³-hybridized carbons (Fsp3) is 0.238. The monoisotopic (exact) mass is 382 g/mol. The zero-order valence-corrected chi connectivity index (χ0v) is 15.2. The molecule has 2 N–H and O–H groups in total. The Bertz CT molecular complexity index is 1140. The molecular weight excluding hydrogens is 364 g/mol. The molecule has 0 bridgehead atoms. The molecule has 7 nitrogen and oxygen atoms in total. The number of aromatic carboxylic acids is 1. The van der Waals surface area contributed by atoms with E-state index in [0.29, 0.717) is 42.3 Å². The van der Waals surface area contributed by atoms with E-state index in [2.05, 4.69) is 0 Å². The average molecular weight is 382 g/mol. The van der Waals surface area contributed by atoms with Crippen molar-refractivity contribution in [3.63, 3.8) is 0 Å². The number of benzene rings is 2. The van der Waals surface area contributed by atoms with Gasteiger partial charge in [0.25, 0.3) is 0 Å². The van der Waals surface area contributed by atoms with Crippen LogP contribution in [0, 0.1) is 0 Å². The molecule has 1 aliphatic rings. The van der Waals surface area contributed by atoms with Gasteiger partial charge in [0, 0.05) is 12.5 Å². The van der Waals surface area contributed by atoms with Gasteiger partial charge in [0.2, 0.25) is 11.2 Å². The van der Waals surface area contributed by atoms with Crippen LogP contribution in [0.2, 0.25) is 0 Å². The van der Waals surface area contributed by atoms with Crippen molar-refractivity contribution in [3.05, 3.63) is 51.9 Å². The van der Waals surface area contributed by atoms with Gasteiger partial charge in [-0.2, -0.15) is 0 Å². The van der Waals surface area contributed by atoms with Crippen LogP contribution in [-0.4, -0.2) is 29.4 Å². The zero-order valence-electron chi connectivity index (χ0n) is 15.2. The van der Waals surface area contributed by atoms with Crippen LogP contribution in [0.1, 0.15) is 29.5 Å². The maximum Gasteiger partial charge on any atom is 0.372 e. The number of hydrogen-bond acceptors (Lipinski definition) is 6. The number of aryl methyl sites for hydroxylation is 1. The zero-order chi connectivity index (χ0) is 19.8. The summed E-state index contributed by atoms with van der Waals surface area (Å²) in [5, 5.41) is 19.9. The summed E-state index contributed by atoms with van der Waals surface area (Å²) in [4.78, 5) is 25.0. The number of phenolic OH excluding ortho intramolecular Hbond substituents is 1. The number of phenols is 1. The van der Waals surface area contributed by atoms with Crippen LogP contribution < -0.4 is 14.9 Å². The molecule has 0 aliphatic carbocycles. The number of ether oxygens (including phenoxy) is 2. The van der Waals surface area contributed by atoms with Crippen molar-refractivity contribution >= 4 is 16.9 Å². The summed E-state index contributed by atoms with van der Waals surface area (Å²) >= 11 is 0. The second-order valence-electron chi connectivity index (χ2n) is 6.48. The summed E-state index contributed by atoms with van der Waals surface area (Å²) in [6, 6.07) is 7.67. The van der Waals surface area contributed by atoms with Crippen LogP contribution >= 0.6 is 0 Å². The van der Waals surface area contributed by atoms with E-state index in [1.165, 1.54) is 12.1 Å². The van der Waals surface area contributed by atoms with Crippen molar-refractivity contribution in [2.45, 2.75) is 19.8 Å². The standard InChI is InChI=1S/C21H18O7/c1-2-11-8-13-16(10-14(11)22)28-20(21(24)25)18(19(13)23)12-4-5-15-17(9-12)27-7-3-6-26-15/h4-5,8-10,22H,2-3,6-7H2,1H3,(H,24,25). The van der Waals surface area contributed by atoms with Crippen molar-refractivity contribution in [3.8, 4) is 28.4 Å². The van der Waals surface area contributed by atoms with Gasteiger partial charge in [0.15, 0.2) is 11.5 Å². The van der Waals surface area contributed by atoms with E-state index in [1.54, 1.807) is 18.2 Å². The first kappa shape index (κ1) is 17.9. The lowest BCUT2D eigenvalue weighted by Gasteiger charge is -2.12. The fourth-order valence-corrected chi connectivity index (χ4v) is 3.29. The highest BCUT2D eigenvalue weighted by Gasteiger charge is 2.24. The number of rotatable bonds is 3. The number of carbonyl (C=O) groups is 1. The van der Waals surface area contributed by atoms with E-state index in [0.717, 1.165) is 6.42 Å². The van der Waals surface area contributed by atoms with Gasteiger partial charge in [-0.25, -0.2) is 4.79 Å². The van der Waals surface area contributed by atoms with Crippen molar-refractivity contribution in [1.82, 2.24) is 0 Å². The summed E-state index contributed by atoms with van der Waals surface area (Å²) in [6.45, 7) is 2.83. The summed E-state index contributed by atoms with van der Waals surface area (Å²) in [7, 11) is 0. The average Bonchev–Trinajstić information content (AvgIpc) is 2.92. The van der Waals surface area contributed by atoms with Gasteiger partial charge in [-0.05, 0) is 35.7 Å². The van der Waals surface area contributed by atoms with Crippen LogP contribution in [0.5, 0.6) is 17.2 Å². The molecule has 1 aromatic heterocycles. The molecule has 4 rings (SSSR count). The van der Waals surface area contributed by atoms with E-state index < -0.39 is 17.2 Å². The minimum absolute atomic E-state index is 0.0233. The molecule has 0 amide bonds. The first-order valence-electron chi connectivity index (χ1n) is 8.95. The predicted octanol–water partition coefficient (Wildman–Crippen LogP) is 3.59.